The van der Waals surface area contributed by atoms with E-state index >= 15 is 0 Å². The third-order valence-corrected chi connectivity index (χ3v) is 4.12. The number of carbonyl (C=O) groups is 1. The van der Waals surface area contributed by atoms with Crippen LogP contribution in [-0.2, 0) is 6.18 Å². The van der Waals surface area contributed by atoms with Gasteiger partial charge >= 0.3 is 6.18 Å². The SMILES string of the molecule is COc1ccc(C(=O)N2CC(Oc3ccc(C(F)(F)F)cn3)C2)cc1OC. The fourth-order valence-electron chi connectivity index (χ4n) is 2.62. The Bertz CT molecular complexity index is 818. The van der Waals surface area contributed by atoms with E-state index in [0.717, 1.165) is 12.3 Å². The minimum Gasteiger partial charge on any atom is -0.493 e. The van der Waals surface area contributed by atoms with Crippen LogP contribution in [0.25, 0.3) is 0 Å². The fourth-order valence-corrected chi connectivity index (χ4v) is 2.62. The number of ether oxygens (including phenoxy) is 3. The maximum Gasteiger partial charge on any atom is 0.417 e. The fraction of sp³-hybridized carbons (Fsp3) is 0.333. The molecule has 0 bridgehead atoms. The van der Waals surface area contributed by atoms with Crippen molar-refractivity contribution in [3.8, 4) is 17.4 Å². The van der Waals surface area contributed by atoms with E-state index < -0.39 is 11.7 Å². The standard InChI is InChI=1S/C18H17F3N2O4/c1-25-14-5-3-11(7-15(14)26-2)17(24)23-9-13(10-23)27-16-6-4-12(8-22-16)18(19,20)21/h3-8,13H,9-10H2,1-2H3. The maximum atomic E-state index is 12.5. The Morgan fingerprint density at radius 3 is 2.37 bits per heavy atom. The van der Waals surface area contributed by atoms with Crippen molar-refractivity contribution in [2.45, 2.75) is 12.3 Å². The first kappa shape index (κ1) is 18.8. The number of rotatable bonds is 5. The van der Waals surface area contributed by atoms with Gasteiger partial charge in [0.15, 0.2) is 11.5 Å². The van der Waals surface area contributed by atoms with Gasteiger partial charge < -0.3 is 19.1 Å². The van der Waals surface area contributed by atoms with Crippen LogP contribution >= 0.6 is 0 Å². The first-order valence-electron chi connectivity index (χ1n) is 8.03. The molecule has 0 spiro atoms. The molecule has 0 N–H and O–H groups in total. The van der Waals surface area contributed by atoms with E-state index in [1.54, 1.807) is 23.1 Å². The topological polar surface area (TPSA) is 60.9 Å². The molecule has 1 aliphatic heterocycles. The van der Waals surface area contributed by atoms with E-state index in [1.807, 2.05) is 0 Å². The molecule has 1 amide bonds. The number of hydrogen-bond acceptors (Lipinski definition) is 5. The summed E-state index contributed by atoms with van der Waals surface area (Å²) in [5.74, 6) is 0.861. The number of carbonyl (C=O) groups excluding carboxylic acids is 1. The molecule has 1 fully saturated rings. The molecule has 0 aliphatic carbocycles. The van der Waals surface area contributed by atoms with E-state index in [4.69, 9.17) is 14.2 Å². The summed E-state index contributed by atoms with van der Waals surface area (Å²) in [4.78, 5) is 17.7. The lowest BCUT2D eigenvalue weighted by atomic mass is 10.1. The second kappa shape index (κ2) is 7.34. The predicted octanol–water partition coefficient (Wildman–Crippen LogP) is 3.02. The van der Waals surface area contributed by atoms with Crippen LogP contribution < -0.4 is 14.2 Å². The van der Waals surface area contributed by atoms with Crippen LogP contribution in [0.5, 0.6) is 17.4 Å². The number of aromatic nitrogens is 1. The molecule has 1 saturated heterocycles. The number of amides is 1. The van der Waals surface area contributed by atoms with E-state index in [2.05, 4.69) is 4.98 Å². The number of benzene rings is 1. The minimum absolute atomic E-state index is 0.0891. The monoisotopic (exact) mass is 382 g/mol. The lowest BCUT2D eigenvalue weighted by molar-refractivity contribution is -0.137. The number of hydrogen-bond donors (Lipinski definition) is 0. The van der Waals surface area contributed by atoms with Gasteiger partial charge in [-0.05, 0) is 24.3 Å². The highest BCUT2D eigenvalue weighted by Gasteiger charge is 2.34. The number of methoxy groups -OCH3 is 2. The molecular formula is C18H17F3N2O4. The minimum atomic E-state index is -4.44. The van der Waals surface area contributed by atoms with Gasteiger partial charge in [0, 0.05) is 17.8 Å². The van der Waals surface area contributed by atoms with Crippen molar-refractivity contribution in [2.75, 3.05) is 27.3 Å². The quantitative estimate of drug-likeness (QED) is 0.796. The van der Waals surface area contributed by atoms with Gasteiger partial charge in [-0.25, -0.2) is 4.98 Å². The van der Waals surface area contributed by atoms with Gasteiger partial charge in [0.1, 0.15) is 6.10 Å². The number of alkyl halides is 3. The summed E-state index contributed by atoms with van der Waals surface area (Å²) in [6.07, 6.45) is -4.04. The van der Waals surface area contributed by atoms with Crippen molar-refractivity contribution in [2.24, 2.45) is 0 Å². The normalized spacial score (nSPS) is 14.5. The lowest BCUT2D eigenvalue weighted by Gasteiger charge is -2.38. The summed E-state index contributed by atoms with van der Waals surface area (Å²) in [7, 11) is 2.99. The first-order valence-corrected chi connectivity index (χ1v) is 8.03. The van der Waals surface area contributed by atoms with Crippen LogP contribution in [0.4, 0.5) is 13.2 Å². The molecule has 27 heavy (non-hydrogen) atoms. The van der Waals surface area contributed by atoms with Crippen molar-refractivity contribution in [1.29, 1.82) is 0 Å². The zero-order valence-corrected chi connectivity index (χ0v) is 14.6. The van der Waals surface area contributed by atoms with Crippen LogP contribution in [0.15, 0.2) is 36.5 Å². The van der Waals surface area contributed by atoms with Crippen molar-refractivity contribution >= 4 is 5.91 Å². The average Bonchev–Trinajstić information content (AvgIpc) is 2.62. The van der Waals surface area contributed by atoms with Gasteiger partial charge in [-0.2, -0.15) is 13.2 Å². The highest BCUT2D eigenvalue weighted by atomic mass is 19.4. The maximum absolute atomic E-state index is 12.5. The zero-order valence-electron chi connectivity index (χ0n) is 14.6. The average molecular weight is 382 g/mol. The Morgan fingerprint density at radius 1 is 1.11 bits per heavy atom. The Balaban J connectivity index is 1.57. The van der Waals surface area contributed by atoms with Crippen molar-refractivity contribution in [3.63, 3.8) is 0 Å². The van der Waals surface area contributed by atoms with Crippen LogP contribution in [0.2, 0.25) is 0 Å². The predicted molar refractivity (Wildman–Crippen MR) is 89.1 cm³/mol. The van der Waals surface area contributed by atoms with Crippen LogP contribution in [0.3, 0.4) is 0 Å². The van der Waals surface area contributed by atoms with Crippen molar-refractivity contribution in [1.82, 2.24) is 9.88 Å². The molecule has 1 aliphatic rings. The van der Waals surface area contributed by atoms with E-state index in [9.17, 15) is 18.0 Å². The highest BCUT2D eigenvalue weighted by molar-refractivity contribution is 5.95. The Hall–Kier alpha value is -2.97. The molecule has 0 radical (unpaired) electrons. The van der Waals surface area contributed by atoms with E-state index in [1.165, 1.54) is 20.3 Å². The first-order chi connectivity index (χ1) is 12.8. The summed E-state index contributed by atoms with van der Waals surface area (Å²) in [5.41, 5.74) is -0.396. The molecule has 3 rings (SSSR count). The van der Waals surface area contributed by atoms with Gasteiger partial charge in [-0.3, -0.25) is 4.79 Å². The van der Waals surface area contributed by atoms with Gasteiger partial charge in [-0.1, -0.05) is 0 Å². The van der Waals surface area contributed by atoms with E-state index in [0.29, 0.717) is 30.2 Å². The molecular weight excluding hydrogens is 365 g/mol. The van der Waals surface area contributed by atoms with Gasteiger partial charge in [-0.15, -0.1) is 0 Å². The molecule has 144 valence electrons. The molecule has 2 heterocycles. The number of halogens is 3. The largest absolute Gasteiger partial charge is 0.493 e. The Labute approximate surface area is 153 Å². The van der Waals surface area contributed by atoms with E-state index in [-0.39, 0.29) is 17.9 Å². The number of nitrogens with zero attached hydrogens (tertiary/aromatic N) is 2. The third-order valence-electron chi connectivity index (χ3n) is 4.12. The second-order valence-corrected chi connectivity index (χ2v) is 5.90. The molecule has 1 aromatic carbocycles. The molecule has 0 unspecified atom stereocenters. The second-order valence-electron chi connectivity index (χ2n) is 5.90. The smallest absolute Gasteiger partial charge is 0.417 e. The Kier molecular flexibility index (Phi) is 5.11. The van der Waals surface area contributed by atoms with Gasteiger partial charge in [0.25, 0.3) is 5.91 Å². The molecule has 6 nitrogen and oxygen atoms in total. The van der Waals surface area contributed by atoms with Crippen molar-refractivity contribution < 1.29 is 32.2 Å². The van der Waals surface area contributed by atoms with Crippen molar-refractivity contribution in [3.05, 3.63) is 47.7 Å². The van der Waals surface area contributed by atoms with Crippen LogP contribution in [-0.4, -0.2) is 49.2 Å². The highest BCUT2D eigenvalue weighted by Crippen LogP contribution is 2.30. The van der Waals surface area contributed by atoms with Crippen LogP contribution in [0, 0.1) is 0 Å². The summed E-state index contributed by atoms with van der Waals surface area (Å²) in [6, 6.07) is 6.95. The number of likely N-dealkylation sites (tertiary alicyclic amines) is 1. The van der Waals surface area contributed by atoms with Gasteiger partial charge in [0.2, 0.25) is 5.88 Å². The zero-order chi connectivity index (χ0) is 19.6. The molecule has 9 heteroatoms. The lowest BCUT2D eigenvalue weighted by Crippen LogP contribution is -2.56. The van der Waals surface area contributed by atoms with Crippen LogP contribution in [0.1, 0.15) is 15.9 Å². The molecule has 0 atom stereocenters. The Morgan fingerprint density at radius 2 is 1.81 bits per heavy atom. The number of pyridine rings is 1. The summed E-state index contributed by atoms with van der Waals surface area (Å²) in [5, 5.41) is 0. The third kappa shape index (κ3) is 4.07. The summed E-state index contributed by atoms with van der Waals surface area (Å²) >= 11 is 0. The molecule has 1 aromatic heterocycles. The summed E-state index contributed by atoms with van der Waals surface area (Å²) in [6.45, 7) is 0.631. The molecule has 2 aromatic rings. The van der Waals surface area contributed by atoms with Gasteiger partial charge in [0.05, 0.1) is 32.9 Å². The summed E-state index contributed by atoms with van der Waals surface area (Å²) < 4.78 is 53.4. The molecule has 0 saturated carbocycles.